The fraction of sp³-hybridized carbons (Fsp3) is 0.333. The fourth-order valence-electron chi connectivity index (χ4n) is 2.29. The molecular weight excluding hydrogens is 310 g/mol. The van der Waals surface area contributed by atoms with Gasteiger partial charge in [0.25, 0.3) is 0 Å². The van der Waals surface area contributed by atoms with Crippen molar-refractivity contribution in [3.8, 4) is 5.75 Å². The summed E-state index contributed by atoms with van der Waals surface area (Å²) in [5.74, 6) is 0.405. The Morgan fingerprint density at radius 3 is 2.35 bits per heavy atom. The summed E-state index contributed by atoms with van der Waals surface area (Å²) < 4.78 is 33.3. The minimum atomic E-state index is -3.60. The molecule has 2 rings (SSSR count). The molecule has 0 radical (unpaired) electrons. The number of nitrogens with one attached hydrogen (secondary N) is 1. The maximum absolute atomic E-state index is 12.6. The van der Waals surface area contributed by atoms with Crippen molar-refractivity contribution >= 4 is 10.0 Å². The lowest BCUT2D eigenvalue weighted by atomic mass is 10.1. The van der Waals surface area contributed by atoms with Gasteiger partial charge in [-0.05, 0) is 56.0 Å². The molecule has 0 saturated heterocycles. The lowest BCUT2D eigenvalue weighted by Crippen LogP contribution is -2.26. The largest absolute Gasteiger partial charge is 0.492 e. The Bertz CT molecular complexity index is 755. The molecule has 0 bridgehead atoms. The molecule has 23 heavy (non-hydrogen) atoms. The van der Waals surface area contributed by atoms with Crippen LogP contribution in [0.3, 0.4) is 0 Å². The summed E-state index contributed by atoms with van der Waals surface area (Å²) in [6.07, 6.45) is 0.648. The van der Waals surface area contributed by atoms with Gasteiger partial charge in [0.05, 0.1) is 6.61 Å². The zero-order valence-corrected chi connectivity index (χ0v) is 14.6. The van der Waals surface area contributed by atoms with E-state index in [1.54, 1.807) is 12.1 Å². The van der Waals surface area contributed by atoms with Crippen molar-refractivity contribution in [2.24, 2.45) is 0 Å². The Labute approximate surface area is 138 Å². The van der Waals surface area contributed by atoms with Crippen LogP contribution in [0.4, 0.5) is 0 Å². The van der Waals surface area contributed by atoms with Gasteiger partial charge in [0.2, 0.25) is 10.0 Å². The van der Waals surface area contributed by atoms with Crippen LogP contribution in [-0.2, 0) is 16.4 Å². The topological polar surface area (TPSA) is 55.4 Å². The van der Waals surface area contributed by atoms with E-state index in [9.17, 15) is 8.42 Å². The normalized spacial score (nSPS) is 11.4. The maximum atomic E-state index is 12.6. The molecule has 0 aliphatic rings. The fourth-order valence-corrected chi connectivity index (χ4v) is 3.53. The molecule has 124 valence electrons. The Kier molecular flexibility index (Phi) is 5.80. The standard InChI is InChI=1S/C18H23NO3S/c1-4-22-17-12-14(2)15(3)13-18(17)23(20,21)19-11-10-16-8-6-5-7-9-16/h5-9,12-13,19H,4,10-11H2,1-3H3. The smallest absolute Gasteiger partial charge is 0.244 e. The molecule has 5 heteroatoms. The van der Waals surface area contributed by atoms with E-state index in [1.165, 1.54) is 0 Å². The van der Waals surface area contributed by atoms with Crippen LogP contribution in [0.25, 0.3) is 0 Å². The zero-order chi connectivity index (χ0) is 16.9. The summed E-state index contributed by atoms with van der Waals surface area (Å²) in [4.78, 5) is 0.204. The summed E-state index contributed by atoms with van der Waals surface area (Å²) in [6.45, 7) is 6.46. The summed E-state index contributed by atoms with van der Waals surface area (Å²) >= 11 is 0. The number of benzene rings is 2. The van der Waals surface area contributed by atoms with E-state index in [0.29, 0.717) is 25.3 Å². The molecule has 1 N–H and O–H groups in total. The third-order valence-electron chi connectivity index (χ3n) is 3.70. The second kappa shape index (κ2) is 7.62. The molecular formula is C18H23NO3S. The molecule has 0 spiro atoms. The summed E-state index contributed by atoms with van der Waals surface area (Å²) in [7, 11) is -3.60. The van der Waals surface area contributed by atoms with Crippen molar-refractivity contribution in [2.45, 2.75) is 32.1 Å². The second-order valence-corrected chi connectivity index (χ2v) is 7.18. The van der Waals surface area contributed by atoms with Gasteiger partial charge in [0, 0.05) is 6.54 Å². The van der Waals surface area contributed by atoms with Gasteiger partial charge < -0.3 is 4.74 Å². The first-order valence-electron chi connectivity index (χ1n) is 7.71. The van der Waals surface area contributed by atoms with Crippen LogP contribution < -0.4 is 9.46 Å². The number of rotatable bonds is 7. The van der Waals surface area contributed by atoms with Gasteiger partial charge in [-0.25, -0.2) is 13.1 Å². The number of aryl methyl sites for hydroxylation is 2. The summed E-state index contributed by atoms with van der Waals surface area (Å²) in [5.41, 5.74) is 3.04. The molecule has 2 aromatic carbocycles. The molecule has 0 aromatic heterocycles. The summed E-state index contributed by atoms with van der Waals surface area (Å²) in [5, 5.41) is 0. The lowest BCUT2D eigenvalue weighted by Gasteiger charge is -2.14. The molecule has 0 amide bonds. The second-order valence-electron chi connectivity index (χ2n) is 5.45. The minimum absolute atomic E-state index is 0.204. The van der Waals surface area contributed by atoms with E-state index in [4.69, 9.17) is 4.74 Å². The van der Waals surface area contributed by atoms with Crippen molar-refractivity contribution in [1.29, 1.82) is 0 Å². The van der Waals surface area contributed by atoms with Crippen LogP contribution in [-0.4, -0.2) is 21.6 Å². The predicted molar refractivity (Wildman–Crippen MR) is 92.4 cm³/mol. The van der Waals surface area contributed by atoms with Gasteiger partial charge in [-0.15, -0.1) is 0 Å². The van der Waals surface area contributed by atoms with Crippen molar-refractivity contribution in [3.05, 3.63) is 59.2 Å². The Hall–Kier alpha value is -1.85. The molecule has 0 unspecified atom stereocenters. The number of sulfonamides is 1. The predicted octanol–water partition coefficient (Wildman–Crippen LogP) is 3.22. The van der Waals surface area contributed by atoms with E-state index in [0.717, 1.165) is 16.7 Å². The molecule has 0 atom stereocenters. The maximum Gasteiger partial charge on any atom is 0.244 e. The first-order valence-corrected chi connectivity index (χ1v) is 9.20. The Morgan fingerprint density at radius 1 is 1.04 bits per heavy atom. The van der Waals surface area contributed by atoms with Crippen LogP contribution in [0.5, 0.6) is 5.75 Å². The molecule has 0 fully saturated rings. The number of hydrogen-bond donors (Lipinski definition) is 1. The highest BCUT2D eigenvalue weighted by Crippen LogP contribution is 2.27. The summed E-state index contributed by atoms with van der Waals surface area (Å²) in [6, 6.07) is 13.2. The Morgan fingerprint density at radius 2 is 1.70 bits per heavy atom. The average Bonchev–Trinajstić information content (AvgIpc) is 2.51. The van der Waals surface area contributed by atoms with Crippen molar-refractivity contribution in [2.75, 3.05) is 13.2 Å². The van der Waals surface area contributed by atoms with Crippen LogP contribution in [0.2, 0.25) is 0 Å². The monoisotopic (exact) mass is 333 g/mol. The molecule has 0 saturated carbocycles. The minimum Gasteiger partial charge on any atom is -0.492 e. The van der Waals surface area contributed by atoms with E-state index in [2.05, 4.69) is 4.72 Å². The first-order chi connectivity index (χ1) is 10.9. The van der Waals surface area contributed by atoms with E-state index >= 15 is 0 Å². The first kappa shape index (κ1) is 17.5. The highest BCUT2D eigenvalue weighted by molar-refractivity contribution is 7.89. The van der Waals surface area contributed by atoms with Crippen molar-refractivity contribution < 1.29 is 13.2 Å². The SMILES string of the molecule is CCOc1cc(C)c(C)cc1S(=O)(=O)NCCc1ccccc1. The zero-order valence-electron chi connectivity index (χ0n) is 13.8. The highest BCUT2D eigenvalue weighted by atomic mass is 32.2. The van der Waals surface area contributed by atoms with Gasteiger partial charge >= 0.3 is 0 Å². The van der Waals surface area contributed by atoms with Crippen LogP contribution >= 0.6 is 0 Å². The van der Waals surface area contributed by atoms with E-state index in [-0.39, 0.29) is 4.90 Å². The van der Waals surface area contributed by atoms with Gasteiger partial charge in [0.1, 0.15) is 10.6 Å². The van der Waals surface area contributed by atoms with Crippen LogP contribution in [0, 0.1) is 13.8 Å². The molecule has 0 aliphatic carbocycles. The van der Waals surface area contributed by atoms with Gasteiger partial charge in [-0.2, -0.15) is 0 Å². The quantitative estimate of drug-likeness (QED) is 0.846. The molecule has 2 aromatic rings. The molecule has 0 heterocycles. The van der Waals surface area contributed by atoms with Crippen molar-refractivity contribution in [1.82, 2.24) is 4.72 Å². The van der Waals surface area contributed by atoms with Gasteiger partial charge in [-0.1, -0.05) is 30.3 Å². The van der Waals surface area contributed by atoms with Gasteiger partial charge in [-0.3, -0.25) is 0 Å². The molecule has 4 nitrogen and oxygen atoms in total. The third kappa shape index (κ3) is 4.56. The van der Waals surface area contributed by atoms with Gasteiger partial charge in [0.15, 0.2) is 0 Å². The molecule has 0 aliphatic heterocycles. The van der Waals surface area contributed by atoms with Crippen LogP contribution in [0.1, 0.15) is 23.6 Å². The third-order valence-corrected chi connectivity index (χ3v) is 5.18. The van der Waals surface area contributed by atoms with Crippen molar-refractivity contribution in [3.63, 3.8) is 0 Å². The average molecular weight is 333 g/mol. The number of ether oxygens (including phenoxy) is 1. The lowest BCUT2D eigenvalue weighted by molar-refractivity contribution is 0.330. The Balaban J connectivity index is 2.17. The number of hydrogen-bond acceptors (Lipinski definition) is 3. The van der Waals surface area contributed by atoms with E-state index < -0.39 is 10.0 Å². The highest BCUT2D eigenvalue weighted by Gasteiger charge is 2.20. The van der Waals surface area contributed by atoms with Crippen LogP contribution in [0.15, 0.2) is 47.4 Å². The van der Waals surface area contributed by atoms with E-state index in [1.807, 2.05) is 51.1 Å².